The fourth-order valence-electron chi connectivity index (χ4n) is 4.87. The number of hydrogen-bond donors (Lipinski definition) is 0. The standard InChI is InChI=1S/C15H16Br2O2/c1-3-5-6-8-11-9-7-10-13(18-9)12(11)15(17,19-10)14(8,16)4-2/h1,5-6,8-13H,4,7H2,2H3/b6-5-/t8-,9?,10?,11?,12?,13?,14+,15-/m0/s1. The summed E-state index contributed by atoms with van der Waals surface area (Å²) in [6, 6.07) is 0. The predicted octanol–water partition coefficient (Wildman–Crippen LogP) is 3.24. The molecule has 2 bridgehead atoms. The lowest BCUT2D eigenvalue weighted by molar-refractivity contribution is 0.000337. The van der Waals surface area contributed by atoms with Crippen molar-refractivity contribution in [3.8, 4) is 12.3 Å². The van der Waals surface area contributed by atoms with Crippen molar-refractivity contribution in [3.05, 3.63) is 12.2 Å². The van der Waals surface area contributed by atoms with Crippen molar-refractivity contribution in [2.75, 3.05) is 0 Å². The van der Waals surface area contributed by atoms with E-state index in [4.69, 9.17) is 15.9 Å². The van der Waals surface area contributed by atoms with Crippen LogP contribution in [0.2, 0.25) is 0 Å². The molecule has 3 heterocycles. The highest BCUT2D eigenvalue weighted by molar-refractivity contribution is 9.13. The molecule has 0 amide bonds. The number of hydrogen-bond acceptors (Lipinski definition) is 2. The number of halogens is 2. The van der Waals surface area contributed by atoms with E-state index in [0.717, 1.165) is 12.8 Å². The molecule has 3 aliphatic heterocycles. The first-order valence-electron chi connectivity index (χ1n) is 6.90. The minimum atomic E-state index is -0.316. The fourth-order valence-corrected chi connectivity index (χ4v) is 7.04. The van der Waals surface area contributed by atoms with Gasteiger partial charge in [0.1, 0.15) is 4.51 Å². The number of terminal acetylenes is 1. The second kappa shape index (κ2) is 3.88. The molecule has 0 aromatic heterocycles. The van der Waals surface area contributed by atoms with Gasteiger partial charge in [-0.15, -0.1) is 6.42 Å². The zero-order valence-electron chi connectivity index (χ0n) is 10.7. The first-order valence-corrected chi connectivity index (χ1v) is 8.49. The summed E-state index contributed by atoms with van der Waals surface area (Å²) in [5, 5.41) is 0. The van der Waals surface area contributed by atoms with Gasteiger partial charge in [-0.2, -0.15) is 0 Å². The van der Waals surface area contributed by atoms with Gasteiger partial charge in [0.15, 0.2) is 0 Å². The molecule has 0 radical (unpaired) electrons. The molecule has 0 aromatic rings. The third-order valence-electron chi connectivity index (χ3n) is 5.54. The van der Waals surface area contributed by atoms with Gasteiger partial charge in [0, 0.05) is 24.2 Å². The highest BCUT2D eigenvalue weighted by Gasteiger charge is 2.80. The maximum atomic E-state index is 6.39. The molecule has 19 heavy (non-hydrogen) atoms. The first kappa shape index (κ1) is 12.9. The smallest absolute Gasteiger partial charge is 0.144 e. The van der Waals surface area contributed by atoms with E-state index in [1.807, 2.05) is 6.08 Å². The van der Waals surface area contributed by atoms with Crippen molar-refractivity contribution in [2.24, 2.45) is 17.8 Å². The average Bonchev–Trinajstić information content (AvgIpc) is 3.03. The molecule has 3 saturated heterocycles. The van der Waals surface area contributed by atoms with Crippen LogP contribution < -0.4 is 0 Å². The summed E-state index contributed by atoms with van der Waals surface area (Å²) in [7, 11) is 0. The topological polar surface area (TPSA) is 18.5 Å². The largest absolute Gasteiger partial charge is 0.371 e. The molecule has 0 N–H and O–H groups in total. The normalized spacial score (nSPS) is 61.2. The Hall–Kier alpha value is 0.180. The van der Waals surface area contributed by atoms with Crippen LogP contribution in [0.1, 0.15) is 19.8 Å². The van der Waals surface area contributed by atoms with Crippen LogP contribution in [0.4, 0.5) is 0 Å². The Bertz CT molecular complexity index is 497. The van der Waals surface area contributed by atoms with Gasteiger partial charge in [0.25, 0.3) is 0 Å². The van der Waals surface area contributed by atoms with Crippen molar-refractivity contribution in [3.63, 3.8) is 0 Å². The van der Waals surface area contributed by atoms with E-state index in [-0.39, 0.29) is 21.0 Å². The van der Waals surface area contributed by atoms with Gasteiger partial charge in [-0.05, 0) is 12.5 Å². The van der Waals surface area contributed by atoms with Crippen molar-refractivity contribution in [1.29, 1.82) is 0 Å². The second-order valence-corrected chi connectivity index (χ2v) is 8.64. The predicted molar refractivity (Wildman–Crippen MR) is 80.2 cm³/mol. The lowest BCUT2D eigenvalue weighted by Gasteiger charge is -2.40. The van der Waals surface area contributed by atoms with E-state index in [1.54, 1.807) is 0 Å². The van der Waals surface area contributed by atoms with Gasteiger partial charge in [0.05, 0.1) is 22.6 Å². The third-order valence-corrected chi connectivity index (χ3v) is 9.17. The van der Waals surface area contributed by atoms with Crippen molar-refractivity contribution < 1.29 is 9.47 Å². The number of ether oxygens (including phenoxy) is 2. The first-order chi connectivity index (χ1) is 9.06. The molecule has 4 aliphatic rings. The monoisotopic (exact) mass is 386 g/mol. The average molecular weight is 388 g/mol. The Morgan fingerprint density at radius 3 is 2.89 bits per heavy atom. The van der Waals surface area contributed by atoms with Crippen LogP contribution in [-0.2, 0) is 9.47 Å². The molecule has 4 rings (SSSR count). The Balaban J connectivity index is 1.85. The molecule has 4 fully saturated rings. The van der Waals surface area contributed by atoms with Gasteiger partial charge in [-0.3, -0.25) is 0 Å². The van der Waals surface area contributed by atoms with Gasteiger partial charge >= 0.3 is 0 Å². The summed E-state index contributed by atoms with van der Waals surface area (Å²) in [5.74, 6) is 3.92. The Morgan fingerprint density at radius 2 is 2.21 bits per heavy atom. The molecule has 8 atom stereocenters. The van der Waals surface area contributed by atoms with Crippen molar-refractivity contribution in [2.45, 2.75) is 46.9 Å². The molecular weight excluding hydrogens is 372 g/mol. The van der Waals surface area contributed by atoms with Crippen LogP contribution in [0.5, 0.6) is 0 Å². The van der Waals surface area contributed by atoms with Crippen LogP contribution in [0, 0.1) is 30.1 Å². The zero-order valence-corrected chi connectivity index (χ0v) is 13.9. The van der Waals surface area contributed by atoms with Gasteiger partial charge in [-0.1, -0.05) is 50.8 Å². The van der Waals surface area contributed by atoms with Crippen LogP contribution in [0.3, 0.4) is 0 Å². The summed E-state index contributed by atoms with van der Waals surface area (Å²) < 4.78 is 12.1. The Kier molecular flexibility index (Phi) is 2.63. The summed E-state index contributed by atoms with van der Waals surface area (Å²) in [6.45, 7) is 2.21. The molecule has 1 saturated carbocycles. The van der Waals surface area contributed by atoms with E-state index in [2.05, 4.69) is 50.8 Å². The van der Waals surface area contributed by atoms with E-state index in [9.17, 15) is 0 Å². The van der Waals surface area contributed by atoms with E-state index < -0.39 is 0 Å². The molecule has 5 unspecified atom stereocenters. The lowest BCUT2D eigenvalue weighted by atomic mass is 9.77. The van der Waals surface area contributed by atoms with E-state index in [1.165, 1.54) is 0 Å². The van der Waals surface area contributed by atoms with Gasteiger partial charge < -0.3 is 9.47 Å². The minimum Gasteiger partial charge on any atom is -0.371 e. The van der Waals surface area contributed by atoms with Crippen molar-refractivity contribution in [1.82, 2.24) is 0 Å². The maximum absolute atomic E-state index is 6.39. The van der Waals surface area contributed by atoms with Crippen LogP contribution in [-0.4, -0.2) is 27.1 Å². The zero-order chi connectivity index (χ0) is 13.4. The highest BCUT2D eigenvalue weighted by atomic mass is 79.9. The summed E-state index contributed by atoms with van der Waals surface area (Å²) in [4.78, 5) is 0. The van der Waals surface area contributed by atoms with Crippen LogP contribution in [0.25, 0.3) is 0 Å². The Morgan fingerprint density at radius 1 is 1.42 bits per heavy atom. The van der Waals surface area contributed by atoms with Crippen LogP contribution in [0.15, 0.2) is 12.2 Å². The Labute approximate surface area is 130 Å². The summed E-state index contributed by atoms with van der Waals surface area (Å²) >= 11 is 7.95. The molecule has 102 valence electrons. The molecule has 2 nitrogen and oxygen atoms in total. The second-order valence-electron chi connectivity index (χ2n) is 6.05. The SMILES string of the molecule is C#C/C=C\[C@H]1C2C3CC4O[C@@](Br)(C2C4O3)[C@@]1(Br)CC. The number of alkyl halides is 2. The number of fused-ring (bicyclic) bond motifs is 2. The van der Waals surface area contributed by atoms with Crippen molar-refractivity contribution >= 4 is 31.9 Å². The summed E-state index contributed by atoms with van der Waals surface area (Å²) in [6.07, 6.45) is 12.3. The maximum Gasteiger partial charge on any atom is 0.144 e. The summed E-state index contributed by atoms with van der Waals surface area (Å²) in [5.41, 5.74) is 0. The minimum absolute atomic E-state index is 0.0991. The van der Waals surface area contributed by atoms with Gasteiger partial charge in [-0.25, -0.2) is 0 Å². The third kappa shape index (κ3) is 1.27. The molecular formula is C15H16Br2O2. The molecule has 0 aromatic carbocycles. The molecule has 0 spiro atoms. The fraction of sp³-hybridized carbons (Fsp3) is 0.733. The lowest BCUT2D eigenvalue weighted by Crippen LogP contribution is -2.47. The van der Waals surface area contributed by atoms with Gasteiger partial charge in [0.2, 0.25) is 0 Å². The molecule has 4 heteroatoms. The molecule has 1 aliphatic carbocycles. The number of allylic oxidation sites excluding steroid dienone is 2. The van der Waals surface area contributed by atoms with Crippen LogP contribution >= 0.6 is 31.9 Å². The quantitative estimate of drug-likeness (QED) is 0.534. The van der Waals surface area contributed by atoms with E-state index >= 15 is 0 Å². The number of rotatable bonds is 2. The highest BCUT2D eigenvalue weighted by Crippen LogP contribution is 2.73. The van der Waals surface area contributed by atoms with E-state index in [0.29, 0.717) is 23.9 Å².